The molecule has 0 aliphatic rings. The van der Waals surface area contributed by atoms with Gasteiger partial charge in [-0.15, -0.1) is 0 Å². The van der Waals surface area contributed by atoms with E-state index in [1.165, 1.54) is 7.11 Å². The zero-order valence-corrected chi connectivity index (χ0v) is 10.2. The Labute approximate surface area is 101 Å². The SMILES string of the molecule is CCOC(=O)CC/C(=N/OC)c1ccccc1. The highest BCUT2D eigenvalue weighted by atomic mass is 16.6. The van der Waals surface area contributed by atoms with Crippen LogP contribution in [0.3, 0.4) is 0 Å². The monoisotopic (exact) mass is 235 g/mol. The minimum atomic E-state index is -0.216. The van der Waals surface area contributed by atoms with E-state index in [0.717, 1.165) is 11.3 Å². The third-order valence-electron chi connectivity index (χ3n) is 2.18. The molecule has 1 aromatic rings. The van der Waals surface area contributed by atoms with Gasteiger partial charge >= 0.3 is 5.97 Å². The van der Waals surface area contributed by atoms with Gasteiger partial charge in [0.1, 0.15) is 7.11 Å². The lowest BCUT2D eigenvalue weighted by Crippen LogP contribution is -2.09. The maximum absolute atomic E-state index is 11.3. The molecule has 0 radical (unpaired) electrons. The Morgan fingerprint density at radius 3 is 2.53 bits per heavy atom. The van der Waals surface area contributed by atoms with Crippen molar-refractivity contribution in [1.29, 1.82) is 0 Å². The summed E-state index contributed by atoms with van der Waals surface area (Å²) >= 11 is 0. The molecule has 1 rings (SSSR count). The fourth-order valence-corrected chi connectivity index (χ4v) is 1.44. The smallest absolute Gasteiger partial charge is 0.306 e. The van der Waals surface area contributed by atoms with Crippen LogP contribution in [0.1, 0.15) is 25.3 Å². The number of hydrogen-bond donors (Lipinski definition) is 0. The van der Waals surface area contributed by atoms with Crippen LogP contribution in [0.4, 0.5) is 0 Å². The molecule has 0 aliphatic carbocycles. The van der Waals surface area contributed by atoms with Gasteiger partial charge in [0.2, 0.25) is 0 Å². The summed E-state index contributed by atoms with van der Waals surface area (Å²) in [6.07, 6.45) is 0.821. The van der Waals surface area contributed by atoms with Crippen molar-refractivity contribution in [2.45, 2.75) is 19.8 Å². The van der Waals surface area contributed by atoms with Gasteiger partial charge in [-0.2, -0.15) is 0 Å². The number of hydrogen-bond acceptors (Lipinski definition) is 4. The predicted molar refractivity (Wildman–Crippen MR) is 65.9 cm³/mol. The molecule has 0 saturated heterocycles. The van der Waals surface area contributed by atoms with E-state index in [0.29, 0.717) is 19.4 Å². The number of carbonyl (C=O) groups excluding carboxylic acids is 1. The molecule has 0 aromatic heterocycles. The van der Waals surface area contributed by atoms with Gasteiger partial charge in [0.15, 0.2) is 0 Å². The van der Waals surface area contributed by atoms with E-state index >= 15 is 0 Å². The maximum atomic E-state index is 11.3. The molecule has 92 valence electrons. The lowest BCUT2D eigenvalue weighted by atomic mass is 10.1. The van der Waals surface area contributed by atoms with Gasteiger partial charge < -0.3 is 9.57 Å². The van der Waals surface area contributed by atoms with Gasteiger partial charge in [0.05, 0.1) is 18.7 Å². The van der Waals surface area contributed by atoms with E-state index in [4.69, 9.17) is 9.57 Å². The molecule has 0 heterocycles. The zero-order chi connectivity index (χ0) is 12.5. The maximum Gasteiger partial charge on any atom is 0.306 e. The van der Waals surface area contributed by atoms with E-state index < -0.39 is 0 Å². The van der Waals surface area contributed by atoms with Crippen molar-refractivity contribution in [2.75, 3.05) is 13.7 Å². The molecular formula is C13H17NO3. The molecule has 0 amide bonds. The molecule has 0 spiro atoms. The van der Waals surface area contributed by atoms with Crippen molar-refractivity contribution in [3.63, 3.8) is 0 Å². The number of benzene rings is 1. The standard InChI is InChI=1S/C13H17NO3/c1-3-17-13(15)10-9-12(14-16-2)11-7-5-4-6-8-11/h4-8H,3,9-10H2,1-2H3/b14-12-. The molecular weight excluding hydrogens is 218 g/mol. The molecule has 17 heavy (non-hydrogen) atoms. The van der Waals surface area contributed by atoms with Crippen molar-refractivity contribution in [2.24, 2.45) is 5.16 Å². The van der Waals surface area contributed by atoms with Gasteiger partial charge in [0, 0.05) is 6.42 Å². The first-order valence-electron chi connectivity index (χ1n) is 5.59. The fourth-order valence-electron chi connectivity index (χ4n) is 1.44. The third-order valence-corrected chi connectivity index (χ3v) is 2.18. The number of nitrogens with zero attached hydrogens (tertiary/aromatic N) is 1. The molecule has 0 aliphatic heterocycles. The summed E-state index contributed by atoms with van der Waals surface area (Å²) < 4.78 is 4.87. The summed E-state index contributed by atoms with van der Waals surface area (Å²) in [5.74, 6) is -0.216. The van der Waals surface area contributed by atoms with E-state index in [1.807, 2.05) is 30.3 Å². The quantitative estimate of drug-likeness (QED) is 0.432. The van der Waals surface area contributed by atoms with Gasteiger partial charge in [-0.05, 0) is 12.5 Å². The van der Waals surface area contributed by atoms with Crippen LogP contribution in [0.25, 0.3) is 0 Å². The second-order valence-corrected chi connectivity index (χ2v) is 3.39. The lowest BCUT2D eigenvalue weighted by Gasteiger charge is -2.05. The Morgan fingerprint density at radius 2 is 1.94 bits per heavy atom. The first kappa shape index (κ1) is 13.2. The molecule has 0 saturated carbocycles. The molecule has 0 atom stereocenters. The Kier molecular flexibility index (Phi) is 5.79. The van der Waals surface area contributed by atoms with Gasteiger partial charge in [-0.1, -0.05) is 35.5 Å². The van der Waals surface area contributed by atoms with Crippen molar-refractivity contribution in [1.82, 2.24) is 0 Å². The van der Waals surface area contributed by atoms with Crippen molar-refractivity contribution < 1.29 is 14.4 Å². The summed E-state index contributed by atoms with van der Waals surface area (Å²) in [5, 5.41) is 3.94. The predicted octanol–water partition coefficient (Wildman–Crippen LogP) is 2.38. The number of esters is 1. The number of ether oxygens (including phenoxy) is 1. The van der Waals surface area contributed by atoms with Crippen LogP contribution in [0.2, 0.25) is 0 Å². The lowest BCUT2D eigenvalue weighted by molar-refractivity contribution is -0.142. The Bertz CT molecular complexity index is 374. The molecule has 0 bridgehead atoms. The highest BCUT2D eigenvalue weighted by molar-refractivity contribution is 6.01. The summed E-state index contributed by atoms with van der Waals surface area (Å²) in [6, 6.07) is 9.64. The van der Waals surface area contributed by atoms with Crippen LogP contribution in [-0.2, 0) is 14.4 Å². The zero-order valence-electron chi connectivity index (χ0n) is 10.2. The number of rotatable bonds is 6. The highest BCUT2D eigenvalue weighted by Crippen LogP contribution is 2.07. The average Bonchev–Trinajstić information content (AvgIpc) is 2.36. The van der Waals surface area contributed by atoms with Gasteiger partial charge in [-0.3, -0.25) is 4.79 Å². The summed E-state index contributed by atoms with van der Waals surface area (Å²) in [5.41, 5.74) is 1.71. The van der Waals surface area contributed by atoms with Crippen molar-refractivity contribution in [3.8, 4) is 0 Å². The van der Waals surface area contributed by atoms with E-state index in [2.05, 4.69) is 5.16 Å². The van der Waals surface area contributed by atoms with Crippen LogP contribution in [0.5, 0.6) is 0 Å². The molecule has 4 nitrogen and oxygen atoms in total. The minimum absolute atomic E-state index is 0.216. The Balaban J connectivity index is 2.63. The molecule has 0 unspecified atom stereocenters. The summed E-state index contributed by atoms with van der Waals surface area (Å²) in [4.78, 5) is 16.1. The first-order chi connectivity index (χ1) is 8.27. The molecule has 0 fully saturated rings. The van der Waals surface area contributed by atoms with E-state index in [9.17, 15) is 4.79 Å². The number of carbonyl (C=O) groups is 1. The minimum Gasteiger partial charge on any atom is -0.466 e. The van der Waals surface area contributed by atoms with Gasteiger partial charge in [-0.25, -0.2) is 0 Å². The second-order valence-electron chi connectivity index (χ2n) is 3.39. The Morgan fingerprint density at radius 1 is 1.24 bits per heavy atom. The second kappa shape index (κ2) is 7.44. The third kappa shape index (κ3) is 4.68. The summed E-state index contributed by atoms with van der Waals surface area (Å²) in [7, 11) is 1.49. The molecule has 4 heteroatoms. The fraction of sp³-hybridized carbons (Fsp3) is 0.385. The van der Waals surface area contributed by atoms with E-state index in [1.54, 1.807) is 6.92 Å². The van der Waals surface area contributed by atoms with Crippen LogP contribution in [0, 0.1) is 0 Å². The first-order valence-corrected chi connectivity index (χ1v) is 5.59. The van der Waals surface area contributed by atoms with E-state index in [-0.39, 0.29) is 5.97 Å². The van der Waals surface area contributed by atoms with Crippen LogP contribution >= 0.6 is 0 Å². The highest BCUT2D eigenvalue weighted by Gasteiger charge is 2.08. The summed E-state index contributed by atoms with van der Waals surface area (Å²) in [6.45, 7) is 2.19. The van der Waals surface area contributed by atoms with Crippen molar-refractivity contribution >= 4 is 11.7 Å². The number of oxime groups is 1. The normalized spacial score (nSPS) is 11.1. The van der Waals surface area contributed by atoms with Crippen LogP contribution in [0.15, 0.2) is 35.5 Å². The average molecular weight is 235 g/mol. The largest absolute Gasteiger partial charge is 0.466 e. The Hall–Kier alpha value is -1.84. The van der Waals surface area contributed by atoms with Crippen molar-refractivity contribution in [3.05, 3.63) is 35.9 Å². The molecule has 0 N–H and O–H groups in total. The van der Waals surface area contributed by atoms with Gasteiger partial charge in [0.25, 0.3) is 0 Å². The topological polar surface area (TPSA) is 47.9 Å². The van der Waals surface area contributed by atoms with Crippen LogP contribution in [-0.4, -0.2) is 25.4 Å². The van der Waals surface area contributed by atoms with Crippen LogP contribution < -0.4 is 0 Å². The molecule has 1 aromatic carbocycles.